The Bertz CT molecular complexity index is 261. The summed E-state index contributed by atoms with van der Waals surface area (Å²) in [6.45, 7) is 6.79. The Morgan fingerprint density at radius 1 is 1.44 bits per heavy atom. The number of hydrogen-bond donors (Lipinski definition) is 1. The first kappa shape index (κ1) is 15.4. The first-order valence-corrected chi connectivity index (χ1v) is 6.25. The minimum Gasteiger partial charge on any atom is -0.467 e. The van der Waals surface area contributed by atoms with E-state index in [0.717, 1.165) is 11.8 Å². The van der Waals surface area contributed by atoms with Gasteiger partial charge in [0.25, 0.3) is 0 Å². The van der Waals surface area contributed by atoms with E-state index in [4.69, 9.17) is 0 Å². The number of esters is 1. The maximum atomic E-state index is 11.8. The Morgan fingerprint density at radius 2 is 1.94 bits per heavy atom. The predicted molar refractivity (Wildman–Crippen MR) is 64.1 cm³/mol. The topological polar surface area (TPSA) is 63.6 Å². The number of ether oxygens (including phenoxy) is 1. The zero-order valence-corrected chi connectivity index (χ0v) is 11.3. The number of rotatable bonds is 5. The fraction of sp³-hybridized carbons (Fsp3) is 0.818. The highest BCUT2D eigenvalue weighted by molar-refractivity contribution is 8.13. The summed E-state index contributed by atoms with van der Waals surface area (Å²) in [6, 6.07) is 0. The van der Waals surface area contributed by atoms with Crippen LogP contribution >= 0.6 is 11.8 Å². The van der Waals surface area contributed by atoms with Gasteiger partial charge >= 0.3 is 5.97 Å². The zero-order chi connectivity index (χ0) is 12.9. The maximum absolute atomic E-state index is 11.8. The molecule has 0 aromatic heterocycles. The van der Waals surface area contributed by atoms with E-state index in [0.29, 0.717) is 5.75 Å². The van der Waals surface area contributed by atoms with Crippen molar-refractivity contribution in [3.8, 4) is 0 Å². The summed E-state index contributed by atoms with van der Waals surface area (Å²) in [7, 11) is 1.20. The lowest BCUT2D eigenvalue weighted by Crippen LogP contribution is -2.49. The van der Waals surface area contributed by atoms with Crippen LogP contribution in [0.4, 0.5) is 0 Å². The molecule has 0 saturated heterocycles. The van der Waals surface area contributed by atoms with E-state index < -0.39 is 17.5 Å². The highest BCUT2D eigenvalue weighted by Gasteiger charge is 2.46. The SMILES string of the molecule is CCSC(=O)[C@@H](C(C)C)[C@](C)(O)C(=O)OC. The van der Waals surface area contributed by atoms with Gasteiger partial charge in [-0.25, -0.2) is 4.79 Å². The van der Waals surface area contributed by atoms with Gasteiger partial charge < -0.3 is 9.84 Å². The predicted octanol–water partition coefficient (Wildman–Crippen LogP) is 1.46. The molecule has 5 heteroatoms. The highest BCUT2D eigenvalue weighted by atomic mass is 32.2. The number of carbonyl (C=O) groups is 2. The second kappa shape index (κ2) is 6.25. The van der Waals surface area contributed by atoms with Gasteiger partial charge in [0.1, 0.15) is 0 Å². The lowest BCUT2D eigenvalue weighted by molar-refractivity contribution is -0.169. The number of methoxy groups -OCH3 is 1. The summed E-state index contributed by atoms with van der Waals surface area (Å²) < 4.78 is 4.52. The van der Waals surface area contributed by atoms with Crippen molar-refractivity contribution in [2.75, 3.05) is 12.9 Å². The first-order chi connectivity index (χ1) is 7.28. The molecule has 94 valence electrons. The largest absolute Gasteiger partial charge is 0.467 e. The lowest BCUT2D eigenvalue weighted by Gasteiger charge is -2.31. The molecule has 0 aliphatic rings. The summed E-state index contributed by atoms with van der Waals surface area (Å²) in [6.07, 6.45) is 0. The van der Waals surface area contributed by atoms with Gasteiger partial charge in [-0.3, -0.25) is 4.79 Å². The van der Waals surface area contributed by atoms with Gasteiger partial charge in [0.15, 0.2) is 10.7 Å². The van der Waals surface area contributed by atoms with Crippen molar-refractivity contribution in [1.82, 2.24) is 0 Å². The monoisotopic (exact) mass is 248 g/mol. The van der Waals surface area contributed by atoms with E-state index in [1.54, 1.807) is 13.8 Å². The second-order valence-corrected chi connectivity index (χ2v) is 5.38. The van der Waals surface area contributed by atoms with E-state index in [1.807, 2.05) is 6.92 Å². The van der Waals surface area contributed by atoms with Crippen LogP contribution in [0.25, 0.3) is 0 Å². The molecule has 0 heterocycles. The van der Waals surface area contributed by atoms with Gasteiger partial charge in [0, 0.05) is 0 Å². The van der Waals surface area contributed by atoms with Gasteiger partial charge in [-0.1, -0.05) is 32.5 Å². The second-order valence-electron chi connectivity index (χ2n) is 4.11. The average molecular weight is 248 g/mol. The molecule has 0 saturated carbocycles. The van der Waals surface area contributed by atoms with Crippen molar-refractivity contribution in [2.24, 2.45) is 11.8 Å². The van der Waals surface area contributed by atoms with Crippen LogP contribution in [-0.4, -0.2) is 34.7 Å². The first-order valence-electron chi connectivity index (χ1n) is 5.26. The van der Waals surface area contributed by atoms with Crippen LogP contribution in [0.5, 0.6) is 0 Å². The third-order valence-corrected chi connectivity index (χ3v) is 3.24. The molecule has 0 rings (SSSR count). The van der Waals surface area contributed by atoms with Gasteiger partial charge in [-0.05, 0) is 18.6 Å². The number of aliphatic hydroxyl groups is 1. The molecule has 0 spiro atoms. The molecule has 0 bridgehead atoms. The fourth-order valence-electron chi connectivity index (χ4n) is 1.72. The number of carbonyl (C=O) groups excluding carboxylic acids is 2. The van der Waals surface area contributed by atoms with Crippen molar-refractivity contribution in [3.63, 3.8) is 0 Å². The third kappa shape index (κ3) is 3.49. The van der Waals surface area contributed by atoms with Crippen LogP contribution in [0.2, 0.25) is 0 Å². The Balaban J connectivity index is 5.04. The summed E-state index contributed by atoms with van der Waals surface area (Å²) in [4.78, 5) is 23.3. The summed E-state index contributed by atoms with van der Waals surface area (Å²) in [5, 5.41) is 9.93. The van der Waals surface area contributed by atoms with E-state index in [2.05, 4.69) is 4.74 Å². The third-order valence-electron chi connectivity index (χ3n) is 2.41. The quantitative estimate of drug-likeness (QED) is 0.746. The normalized spacial score (nSPS) is 16.7. The summed E-state index contributed by atoms with van der Waals surface area (Å²) in [5.74, 6) is -1.01. The van der Waals surface area contributed by atoms with Crippen molar-refractivity contribution in [2.45, 2.75) is 33.3 Å². The minimum absolute atomic E-state index is 0.124. The van der Waals surface area contributed by atoms with Crippen LogP contribution < -0.4 is 0 Å². The Morgan fingerprint density at radius 3 is 2.25 bits per heavy atom. The molecule has 0 fully saturated rings. The molecule has 0 radical (unpaired) electrons. The van der Waals surface area contributed by atoms with Crippen LogP contribution in [0, 0.1) is 11.8 Å². The van der Waals surface area contributed by atoms with Crippen LogP contribution in [-0.2, 0) is 14.3 Å². The molecular formula is C11H20O4S. The maximum Gasteiger partial charge on any atom is 0.338 e. The van der Waals surface area contributed by atoms with Gasteiger partial charge in [-0.2, -0.15) is 0 Å². The van der Waals surface area contributed by atoms with E-state index in [9.17, 15) is 14.7 Å². The van der Waals surface area contributed by atoms with Gasteiger partial charge in [0.05, 0.1) is 13.0 Å². The molecule has 0 aromatic rings. The fourth-order valence-corrected chi connectivity index (χ4v) is 2.68. The van der Waals surface area contributed by atoms with E-state index >= 15 is 0 Å². The van der Waals surface area contributed by atoms with Crippen LogP contribution in [0.3, 0.4) is 0 Å². The van der Waals surface area contributed by atoms with Crippen molar-refractivity contribution < 1.29 is 19.4 Å². The molecule has 0 amide bonds. The number of hydrogen-bond acceptors (Lipinski definition) is 5. The highest BCUT2D eigenvalue weighted by Crippen LogP contribution is 2.30. The molecule has 1 N–H and O–H groups in total. The van der Waals surface area contributed by atoms with E-state index in [1.165, 1.54) is 14.0 Å². The van der Waals surface area contributed by atoms with Crippen molar-refractivity contribution in [3.05, 3.63) is 0 Å². The Kier molecular flexibility index (Phi) is 6.04. The molecule has 0 aliphatic carbocycles. The molecule has 0 aromatic carbocycles. The number of thioether (sulfide) groups is 1. The smallest absolute Gasteiger partial charge is 0.338 e. The molecular weight excluding hydrogens is 228 g/mol. The standard InChI is InChI=1S/C11H20O4S/c1-6-16-9(12)8(7(2)3)11(4,14)10(13)15-5/h7-8,14H,6H2,1-5H3/t8-,11+/m1/s1. The summed E-state index contributed by atoms with van der Waals surface area (Å²) in [5.41, 5.74) is -1.76. The van der Waals surface area contributed by atoms with Crippen molar-refractivity contribution >= 4 is 22.8 Å². The van der Waals surface area contributed by atoms with Crippen LogP contribution in [0.15, 0.2) is 0 Å². The van der Waals surface area contributed by atoms with Crippen LogP contribution in [0.1, 0.15) is 27.7 Å². The minimum atomic E-state index is -1.76. The van der Waals surface area contributed by atoms with E-state index in [-0.39, 0.29) is 11.0 Å². The molecule has 0 aliphatic heterocycles. The van der Waals surface area contributed by atoms with Gasteiger partial charge in [0.2, 0.25) is 0 Å². The summed E-state index contributed by atoms with van der Waals surface area (Å²) >= 11 is 1.12. The zero-order valence-electron chi connectivity index (χ0n) is 10.4. The molecule has 16 heavy (non-hydrogen) atoms. The van der Waals surface area contributed by atoms with Gasteiger partial charge in [-0.15, -0.1) is 0 Å². The Labute approximate surface area is 101 Å². The molecule has 4 nitrogen and oxygen atoms in total. The van der Waals surface area contributed by atoms with Crippen molar-refractivity contribution in [1.29, 1.82) is 0 Å². The average Bonchev–Trinajstić information content (AvgIpc) is 2.15. The lowest BCUT2D eigenvalue weighted by atomic mass is 9.81. The molecule has 2 atom stereocenters. The molecule has 0 unspecified atom stereocenters. The Hall–Kier alpha value is -0.550.